The first-order valence-corrected chi connectivity index (χ1v) is 15.7. The largest absolute Gasteiger partial charge is 0.292 e. The fourth-order valence-corrected chi connectivity index (χ4v) is 7.32. The van der Waals surface area contributed by atoms with Gasteiger partial charge in [-0.15, -0.1) is 0 Å². The molecule has 0 aliphatic heterocycles. The van der Waals surface area contributed by atoms with E-state index in [0.29, 0.717) is 0 Å². The Hall–Kier alpha value is -5.73. The molecule has 1 atom stereocenters. The van der Waals surface area contributed by atoms with Crippen molar-refractivity contribution in [2.45, 2.75) is 6.42 Å². The number of aromatic nitrogens is 2. The summed E-state index contributed by atoms with van der Waals surface area (Å²) < 4.78 is 2.29. The Morgan fingerprint density at radius 1 is 0.578 bits per heavy atom. The van der Waals surface area contributed by atoms with Crippen molar-refractivity contribution in [3.05, 3.63) is 191 Å². The summed E-state index contributed by atoms with van der Waals surface area (Å²) in [5.41, 5.74) is 11.0. The third kappa shape index (κ3) is 4.22. The molecule has 45 heavy (non-hydrogen) atoms. The van der Waals surface area contributed by atoms with Gasteiger partial charge in [-0.2, -0.15) is 0 Å². The van der Waals surface area contributed by atoms with E-state index < -0.39 is 0 Å². The van der Waals surface area contributed by atoms with Crippen LogP contribution in [0, 0.1) is 5.92 Å². The van der Waals surface area contributed by atoms with E-state index in [4.69, 9.17) is 4.98 Å². The van der Waals surface area contributed by atoms with Crippen LogP contribution in [0.25, 0.3) is 50.0 Å². The van der Waals surface area contributed by atoms with Gasteiger partial charge in [0.25, 0.3) is 0 Å². The standard InChI is InChI=1S/C43H30N2/c1-2-13-31(14-3-1)43-44-39-20-10-11-21-40(39)45(43)34-26-24-30(25-27-34)41-35-16-6-8-18-37(35)42(38-19-9-7-17-36(38)41)33-23-22-29-12-4-5-15-32(29)28-33/h1-16,18-28,36H,17H2. The molecule has 2 aliphatic carbocycles. The predicted molar refractivity (Wildman–Crippen MR) is 186 cm³/mol. The Balaban J connectivity index is 1.25. The number of hydrogen-bond acceptors (Lipinski definition) is 1. The molecule has 1 unspecified atom stereocenters. The maximum Gasteiger partial charge on any atom is 0.145 e. The second-order valence-electron chi connectivity index (χ2n) is 11.9. The lowest BCUT2D eigenvalue weighted by atomic mass is 9.72. The minimum absolute atomic E-state index is 0.283. The Labute approximate surface area is 262 Å². The molecule has 212 valence electrons. The first kappa shape index (κ1) is 25.7. The van der Waals surface area contributed by atoms with Gasteiger partial charge in [-0.05, 0) is 85.8 Å². The molecular weight excluding hydrogens is 544 g/mol. The maximum atomic E-state index is 5.05. The second kappa shape index (κ2) is 10.5. The van der Waals surface area contributed by atoms with Crippen molar-refractivity contribution >= 4 is 33.0 Å². The Kier molecular flexibility index (Phi) is 5.99. The van der Waals surface area contributed by atoms with E-state index in [1.54, 1.807) is 0 Å². The molecular formula is C43H30N2. The van der Waals surface area contributed by atoms with E-state index in [1.807, 2.05) is 0 Å². The molecule has 7 aromatic rings. The van der Waals surface area contributed by atoms with Crippen LogP contribution in [0.3, 0.4) is 0 Å². The normalized spacial score (nSPS) is 15.6. The van der Waals surface area contributed by atoms with Crippen molar-refractivity contribution < 1.29 is 0 Å². The molecule has 0 bridgehead atoms. The molecule has 0 fully saturated rings. The first-order chi connectivity index (χ1) is 22.3. The lowest BCUT2D eigenvalue weighted by Gasteiger charge is -2.31. The van der Waals surface area contributed by atoms with Gasteiger partial charge in [0.2, 0.25) is 0 Å². The average Bonchev–Trinajstić information content (AvgIpc) is 3.51. The topological polar surface area (TPSA) is 17.8 Å². The van der Waals surface area contributed by atoms with Crippen LogP contribution < -0.4 is 10.4 Å². The molecule has 0 saturated heterocycles. The van der Waals surface area contributed by atoms with E-state index >= 15 is 0 Å². The third-order valence-corrected chi connectivity index (χ3v) is 9.35. The molecule has 6 aromatic carbocycles. The monoisotopic (exact) mass is 574 g/mol. The number of hydrogen-bond donors (Lipinski definition) is 0. The summed E-state index contributed by atoms with van der Waals surface area (Å²) in [4.78, 5) is 5.05. The van der Waals surface area contributed by atoms with Gasteiger partial charge in [-0.3, -0.25) is 4.57 Å². The molecule has 1 heterocycles. The van der Waals surface area contributed by atoms with E-state index in [2.05, 4.69) is 168 Å². The molecule has 0 N–H and O–H groups in total. The highest BCUT2D eigenvalue weighted by atomic mass is 15.1. The van der Waals surface area contributed by atoms with Crippen LogP contribution in [0.2, 0.25) is 0 Å². The quantitative estimate of drug-likeness (QED) is 0.206. The van der Waals surface area contributed by atoms with Crippen LogP contribution in [0.4, 0.5) is 0 Å². The van der Waals surface area contributed by atoms with Crippen molar-refractivity contribution in [1.29, 1.82) is 0 Å². The Morgan fingerprint density at radius 3 is 2.16 bits per heavy atom. The molecule has 1 aromatic heterocycles. The van der Waals surface area contributed by atoms with Gasteiger partial charge in [0.05, 0.1) is 11.0 Å². The highest BCUT2D eigenvalue weighted by Gasteiger charge is 2.29. The molecule has 0 saturated carbocycles. The van der Waals surface area contributed by atoms with Crippen LogP contribution in [-0.4, -0.2) is 9.55 Å². The summed E-state index contributed by atoms with van der Waals surface area (Å²) in [5, 5.41) is 5.17. The Bertz CT molecular complexity index is 2440. The zero-order chi connectivity index (χ0) is 29.7. The number of nitrogens with zero attached hydrogens (tertiary/aromatic N) is 2. The van der Waals surface area contributed by atoms with E-state index in [0.717, 1.165) is 34.5 Å². The highest BCUT2D eigenvalue weighted by molar-refractivity contribution is 5.93. The summed E-state index contributed by atoms with van der Waals surface area (Å²) in [7, 11) is 0. The molecule has 0 spiro atoms. The van der Waals surface area contributed by atoms with E-state index in [-0.39, 0.29) is 5.92 Å². The van der Waals surface area contributed by atoms with Crippen molar-refractivity contribution in [1.82, 2.24) is 9.55 Å². The minimum Gasteiger partial charge on any atom is -0.292 e. The molecule has 2 nitrogen and oxygen atoms in total. The molecule has 2 aliphatic rings. The number of imidazole rings is 1. The number of allylic oxidation sites excluding steroid dienone is 4. The van der Waals surface area contributed by atoms with Crippen molar-refractivity contribution in [2.24, 2.45) is 5.92 Å². The number of para-hydroxylation sites is 2. The fourth-order valence-electron chi connectivity index (χ4n) is 7.32. The summed E-state index contributed by atoms with van der Waals surface area (Å²) in [6.07, 6.45) is 7.88. The smallest absolute Gasteiger partial charge is 0.145 e. The second-order valence-corrected chi connectivity index (χ2v) is 11.9. The van der Waals surface area contributed by atoms with Gasteiger partial charge in [-0.25, -0.2) is 4.98 Å². The number of rotatable bonds is 4. The van der Waals surface area contributed by atoms with Crippen LogP contribution >= 0.6 is 0 Å². The summed E-state index contributed by atoms with van der Waals surface area (Å²) in [6.45, 7) is 0. The Morgan fingerprint density at radius 2 is 1.29 bits per heavy atom. The average molecular weight is 575 g/mol. The molecule has 2 heteroatoms. The van der Waals surface area contributed by atoms with E-state index in [1.165, 1.54) is 49.1 Å². The fraction of sp³-hybridized carbons (Fsp3) is 0.0465. The predicted octanol–water partition coefficient (Wildman–Crippen LogP) is 8.76. The summed E-state index contributed by atoms with van der Waals surface area (Å²) >= 11 is 0. The first-order valence-electron chi connectivity index (χ1n) is 15.7. The van der Waals surface area contributed by atoms with Gasteiger partial charge < -0.3 is 0 Å². The SMILES string of the molecule is C1=CCC2C(=C1)C(c1ccc3ccccc3c1)=c1ccccc1=C2c1ccc(-n2c(-c3ccccc3)nc3ccccc32)cc1. The van der Waals surface area contributed by atoms with E-state index in [9.17, 15) is 0 Å². The minimum atomic E-state index is 0.283. The van der Waals surface area contributed by atoms with Gasteiger partial charge >= 0.3 is 0 Å². The number of fused-ring (bicyclic) bond motifs is 4. The molecule has 0 amide bonds. The zero-order valence-electron chi connectivity index (χ0n) is 24.8. The maximum absolute atomic E-state index is 5.05. The van der Waals surface area contributed by atoms with Crippen LogP contribution in [0.15, 0.2) is 169 Å². The lowest BCUT2D eigenvalue weighted by molar-refractivity contribution is 0.797. The van der Waals surface area contributed by atoms with Crippen molar-refractivity contribution in [2.75, 3.05) is 0 Å². The highest BCUT2D eigenvalue weighted by Crippen LogP contribution is 2.41. The molecule has 9 rings (SSSR count). The van der Waals surface area contributed by atoms with Crippen LogP contribution in [0.5, 0.6) is 0 Å². The van der Waals surface area contributed by atoms with Crippen LogP contribution in [-0.2, 0) is 0 Å². The van der Waals surface area contributed by atoms with Gasteiger partial charge in [0.15, 0.2) is 0 Å². The van der Waals surface area contributed by atoms with Gasteiger partial charge in [0, 0.05) is 17.2 Å². The lowest BCUT2D eigenvalue weighted by Crippen LogP contribution is -2.37. The van der Waals surface area contributed by atoms with Gasteiger partial charge in [-0.1, -0.05) is 133 Å². The van der Waals surface area contributed by atoms with Gasteiger partial charge in [0.1, 0.15) is 5.82 Å². The van der Waals surface area contributed by atoms with Crippen LogP contribution in [0.1, 0.15) is 17.5 Å². The zero-order valence-corrected chi connectivity index (χ0v) is 24.8. The van der Waals surface area contributed by atoms with Crippen molar-refractivity contribution in [3.63, 3.8) is 0 Å². The summed E-state index contributed by atoms with van der Waals surface area (Å²) in [6, 6.07) is 52.5. The molecule has 0 radical (unpaired) electrons. The van der Waals surface area contributed by atoms with Crippen molar-refractivity contribution in [3.8, 4) is 17.1 Å². The third-order valence-electron chi connectivity index (χ3n) is 9.35. The summed E-state index contributed by atoms with van der Waals surface area (Å²) in [5.74, 6) is 1.24. The number of benzene rings is 6.